The van der Waals surface area contributed by atoms with Gasteiger partial charge in [-0.05, 0) is 82.3 Å². The van der Waals surface area contributed by atoms with Crippen molar-refractivity contribution in [3.63, 3.8) is 0 Å². The van der Waals surface area contributed by atoms with Crippen molar-refractivity contribution in [3.05, 3.63) is 23.5 Å². The summed E-state index contributed by atoms with van der Waals surface area (Å²) in [4.78, 5) is 0. The molecule has 0 atom stereocenters. The Balaban J connectivity index is 1.79. The standard InChI is InChI=1S/C18H28N2/c1-12(2)20-16(11-19)3-4-17(20)18-8-13-5-14(9-18)7-15(6-13)10-18/h3-4,12-15H,5-11,19H2,1-2H3. The highest BCUT2D eigenvalue weighted by Gasteiger charge is 2.52. The van der Waals surface area contributed by atoms with Crippen LogP contribution in [0.15, 0.2) is 12.1 Å². The number of hydrogen-bond donors (Lipinski definition) is 1. The summed E-state index contributed by atoms with van der Waals surface area (Å²) in [6, 6.07) is 5.23. The molecule has 1 aromatic heterocycles. The predicted octanol–water partition coefficient (Wildman–Crippen LogP) is 4.00. The molecule has 0 saturated heterocycles. The van der Waals surface area contributed by atoms with E-state index in [0.29, 0.717) is 18.0 Å². The molecule has 2 N–H and O–H groups in total. The highest BCUT2D eigenvalue weighted by Crippen LogP contribution is 2.61. The first kappa shape index (κ1) is 12.9. The average Bonchev–Trinajstić information content (AvgIpc) is 2.81. The van der Waals surface area contributed by atoms with Gasteiger partial charge in [0.15, 0.2) is 0 Å². The predicted molar refractivity (Wildman–Crippen MR) is 82.6 cm³/mol. The summed E-state index contributed by atoms with van der Waals surface area (Å²) in [5.74, 6) is 3.04. The van der Waals surface area contributed by atoms with E-state index in [1.54, 1.807) is 5.69 Å². The molecule has 0 radical (unpaired) electrons. The largest absolute Gasteiger partial charge is 0.344 e. The molecule has 4 aliphatic rings. The van der Waals surface area contributed by atoms with Crippen LogP contribution in [0.2, 0.25) is 0 Å². The quantitative estimate of drug-likeness (QED) is 0.886. The van der Waals surface area contributed by atoms with Crippen molar-refractivity contribution in [3.8, 4) is 0 Å². The van der Waals surface area contributed by atoms with Gasteiger partial charge in [0.05, 0.1) is 0 Å². The van der Waals surface area contributed by atoms with E-state index in [-0.39, 0.29) is 0 Å². The van der Waals surface area contributed by atoms with Crippen molar-refractivity contribution in [2.45, 2.75) is 70.4 Å². The summed E-state index contributed by atoms with van der Waals surface area (Å²) in [7, 11) is 0. The van der Waals surface area contributed by atoms with Gasteiger partial charge in [-0.2, -0.15) is 0 Å². The smallest absolute Gasteiger partial charge is 0.0334 e. The van der Waals surface area contributed by atoms with E-state index in [4.69, 9.17) is 5.73 Å². The minimum atomic E-state index is 0.492. The molecule has 4 aliphatic carbocycles. The zero-order valence-corrected chi connectivity index (χ0v) is 12.9. The zero-order valence-electron chi connectivity index (χ0n) is 12.9. The lowest BCUT2D eigenvalue weighted by Gasteiger charge is -2.57. The van der Waals surface area contributed by atoms with E-state index in [0.717, 1.165) is 17.8 Å². The van der Waals surface area contributed by atoms with Crippen molar-refractivity contribution in [1.29, 1.82) is 0 Å². The first-order valence-corrected chi connectivity index (χ1v) is 8.52. The summed E-state index contributed by atoms with van der Waals surface area (Å²) in [5, 5.41) is 0. The van der Waals surface area contributed by atoms with Crippen LogP contribution in [0.4, 0.5) is 0 Å². The molecular weight excluding hydrogens is 244 g/mol. The van der Waals surface area contributed by atoms with Crippen molar-refractivity contribution in [2.24, 2.45) is 23.5 Å². The molecule has 2 heteroatoms. The third kappa shape index (κ3) is 1.73. The highest BCUT2D eigenvalue weighted by atomic mass is 15.0. The number of nitrogens with zero attached hydrogens (tertiary/aromatic N) is 1. The van der Waals surface area contributed by atoms with E-state index in [2.05, 4.69) is 30.5 Å². The van der Waals surface area contributed by atoms with Gasteiger partial charge in [-0.15, -0.1) is 0 Å². The van der Waals surface area contributed by atoms with Crippen LogP contribution in [0.1, 0.15) is 69.8 Å². The second kappa shape index (κ2) is 4.37. The SMILES string of the molecule is CC(C)n1c(CN)ccc1C12CC3CC(CC(C3)C1)C2. The molecule has 4 saturated carbocycles. The van der Waals surface area contributed by atoms with Crippen molar-refractivity contribution >= 4 is 0 Å². The minimum Gasteiger partial charge on any atom is -0.344 e. The fourth-order valence-electron chi connectivity index (χ4n) is 6.12. The molecule has 0 aliphatic heterocycles. The topological polar surface area (TPSA) is 30.9 Å². The van der Waals surface area contributed by atoms with Gasteiger partial charge in [0, 0.05) is 29.4 Å². The van der Waals surface area contributed by atoms with Crippen LogP contribution in [0.25, 0.3) is 0 Å². The molecule has 2 nitrogen and oxygen atoms in total. The summed E-state index contributed by atoms with van der Waals surface area (Å²) in [6.07, 6.45) is 8.89. The zero-order chi connectivity index (χ0) is 13.9. The Morgan fingerprint density at radius 3 is 2.10 bits per heavy atom. The maximum absolute atomic E-state index is 5.97. The Labute approximate surface area is 122 Å². The molecule has 0 spiro atoms. The molecule has 110 valence electrons. The molecule has 0 aromatic carbocycles. The molecule has 1 aromatic rings. The van der Waals surface area contributed by atoms with Gasteiger partial charge < -0.3 is 10.3 Å². The molecule has 20 heavy (non-hydrogen) atoms. The van der Waals surface area contributed by atoms with Gasteiger partial charge >= 0.3 is 0 Å². The summed E-state index contributed by atoms with van der Waals surface area (Å²) < 4.78 is 2.56. The average molecular weight is 272 g/mol. The second-order valence-corrected chi connectivity index (χ2v) is 8.08. The van der Waals surface area contributed by atoms with E-state index < -0.39 is 0 Å². The minimum absolute atomic E-state index is 0.492. The molecule has 1 heterocycles. The van der Waals surface area contributed by atoms with Crippen LogP contribution >= 0.6 is 0 Å². The van der Waals surface area contributed by atoms with Gasteiger partial charge in [-0.25, -0.2) is 0 Å². The molecule has 0 unspecified atom stereocenters. The Morgan fingerprint density at radius 1 is 1.10 bits per heavy atom. The fraction of sp³-hybridized carbons (Fsp3) is 0.778. The summed E-state index contributed by atoms with van der Waals surface area (Å²) >= 11 is 0. The van der Waals surface area contributed by atoms with Crippen LogP contribution in [-0.2, 0) is 12.0 Å². The first-order valence-electron chi connectivity index (χ1n) is 8.52. The Kier molecular flexibility index (Phi) is 2.82. The monoisotopic (exact) mass is 272 g/mol. The van der Waals surface area contributed by atoms with Gasteiger partial charge in [0.1, 0.15) is 0 Å². The summed E-state index contributed by atoms with van der Waals surface area (Å²) in [6.45, 7) is 5.29. The molecule has 4 fully saturated rings. The van der Waals surface area contributed by atoms with Gasteiger partial charge in [0.2, 0.25) is 0 Å². The fourth-order valence-corrected chi connectivity index (χ4v) is 6.12. The number of hydrogen-bond acceptors (Lipinski definition) is 1. The number of aromatic nitrogens is 1. The molecule has 5 rings (SSSR count). The van der Waals surface area contributed by atoms with Crippen LogP contribution < -0.4 is 5.73 Å². The lowest BCUT2D eigenvalue weighted by Crippen LogP contribution is -2.49. The maximum atomic E-state index is 5.97. The Morgan fingerprint density at radius 2 is 1.65 bits per heavy atom. The van der Waals surface area contributed by atoms with Crippen molar-refractivity contribution in [1.82, 2.24) is 4.57 Å². The second-order valence-electron chi connectivity index (χ2n) is 8.08. The normalized spacial score (nSPS) is 38.9. The van der Waals surface area contributed by atoms with Crippen LogP contribution in [0, 0.1) is 17.8 Å². The molecule has 4 bridgehead atoms. The van der Waals surface area contributed by atoms with E-state index >= 15 is 0 Å². The van der Waals surface area contributed by atoms with Crippen molar-refractivity contribution < 1.29 is 0 Å². The van der Waals surface area contributed by atoms with Crippen LogP contribution in [-0.4, -0.2) is 4.57 Å². The Hall–Kier alpha value is -0.760. The Bertz CT molecular complexity index is 476. The van der Waals surface area contributed by atoms with Gasteiger partial charge in [0.25, 0.3) is 0 Å². The molecule has 0 amide bonds. The maximum Gasteiger partial charge on any atom is 0.0334 e. The van der Waals surface area contributed by atoms with E-state index in [9.17, 15) is 0 Å². The third-order valence-electron chi connectivity index (χ3n) is 6.31. The highest BCUT2D eigenvalue weighted by molar-refractivity contribution is 5.29. The molecular formula is C18H28N2. The lowest BCUT2D eigenvalue weighted by atomic mass is 9.49. The number of nitrogens with two attached hydrogens (primary N) is 1. The summed E-state index contributed by atoms with van der Waals surface area (Å²) in [5.41, 5.74) is 9.41. The van der Waals surface area contributed by atoms with Gasteiger partial charge in [-0.1, -0.05) is 0 Å². The third-order valence-corrected chi connectivity index (χ3v) is 6.31. The van der Waals surface area contributed by atoms with Crippen LogP contribution in [0.3, 0.4) is 0 Å². The van der Waals surface area contributed by atoms with Crippen molar-refractivity contribution in [2.75, 3.05) is 0 Å². The first-order chi connectivity index (χ1) is 9.61. The lowest BCUT2D eigenvalue weighted by molar-refractivity contribution is -0.00928. The van der Waals surface area contributed by atoms with Gasteiger partial charge in [-0.3, -0.25) is 0 Å². The number of rotatable bonds is 3. The van der Waals surface area contributed by atoms with Crippen LogP contribution in [0.5, 0.6) is 0 Å². The van der Waals surface area contributed by atoms with E-state index in [1.165, 1.54) is 44.2 Å². The van der Waals surface area contributed by atoms with E-state index in [1.807, 2.05) is 0 Å².